The highest BCUT2D eigenvalue weighted by atomic mass is 16.5. The van der Waals surface area contributed by atoms with Gasteiger partial charge in [0.2, 0.25) is 0 Å². The molecule has 1 aromatic rings. The van der Waals surface area contributed by atoms with Gasteiger partial charge >= 0.3 is 0 Å². The second-order valence-electron chi connectivity index (χ2n) is 5.24. The number of rotatable bonds is 5. The Hall–Kier alpha value is -1.22. The molecule has 0 saturated heterocycles. The summed E-state index contributed by atoms with van der Waals surface area (Å²) in [7, 11) is 0. The van der Waals surface area contributed by atoms with E-state index in [4.69, 9.17) is 9.47 Å². The molecule has 0 amide bonds. The van der Waals surface area contributed by atoms with Crippen LogP contribution in [0.4, 0.5) is 0 Å². The molecule has 0 saturated carbocycles. The molecule has 0 bridgehead atoms. The van der Waals surface area contributed by atoms with Crippen LogP contribution in [-0.4, -0.2) is 18.3 Å². The van der Waals surface area contributed by atoms with Crippen molar-refractivity contribution in [3.63, 3.8) is 0 Å². The summed E-state index contributed by atoms with van der Waals surface area (Å²) in [6, 6.07) is 5.84. The second kappa shape index (κ2) is 6.29. The van der Waals surface area contributed by atoms with Gasteiger partial charge in [-0.2, -0.15) is 0 Å². The Labute approximate surface area is 115 Å². The molecular weight excluding hydrogens is 240 g/mol. The van der Waals surface area contributed by atoms with Gasteiger partial charge in [0.25, 0.3) is 0 Å². The first-order chi connectivity index (χ1) is 9.19. The van der Waals surface area contributed by atoms with Gasteiger partial charge in [-0.25, -0.2) is 0 Å². The lowest BCUT2D eigenvalue weighted by Gasteiger charge is -2.28. The molecule has 2 rings (SSSR count). The molecule has 1 N–H and O–H groups in total. The van der Waals surface area contributed by atoms with E-state index in [-0.39, 0.29) is 0 Å². The molecule has 1 aromatic carbocycles. The number of hydrogen-bond donors (Lipinski definition) is 1. The molecule has 0 unspecified atom stereocenters. The van der Waals surface area contributed by atoms with Crippen molar-refractivity contribution >= 4 is 0 Å². The van der Waals surface area contributed by atoms with Crippen LogP contribution < -0.4 is 9.47 Å². The van der Waals surface area contributed by atoms with Crippen LogP contribution in [0.25, 0.3) is 0 Å². The Bertz CT molecular complexity index is 408. The first-order valence-corrected chi connectivity index (χ1v) is 7.32. The van der Waals surface area contributed by atoms with Gasteiger partial charge in [0, 0.05) is 6.42 Å². The highest BCUT2D eigenvalue weighted by molar-refractivity contribution is 5.45. The van der Waals surface area contributed by atoms with Gasteiger partial charge in [-0.05, 0) is 30.5 Å². The van der Waals surface area contributed by atoms with Gasteiger partial charge in [-0.1, -0.05) is 32.8 Å². The van der Waals surface area contributed by atoms with E-state index in [1.165, 1.54) is 0 Å². The number of hydrogen-bond acceptors (Lipinski definition) is 3. The standard InChI is InChI=1S/C16H24O3/c1-3-8-16(17,9-4-2)13-6-7-14-15(12-13)19-11-5-10-18-14/h6-7,12,17H,3-5,8-11H2,1-2H3. The fraction of sp³-hybridized carbons (Fsp3) is 0.625. The van der Waals surface area contributed by atoms with Crippen LogP contribution in [0.2, 0.25) is 0 Å². The topological polar surface area (TPSA) is 38.7 Å². The Balaban J connectivity index is 2.30. The molecule has 1 heterocycles. The maximum absolute atomic E-state index is 10.9. The number of ether oxygens (including phenoxy) is 2. The van der Waals surface area contributed by atoms with E-state index in [0.29, 0.717) is 13.2 Å². The summed E-state index contributed by atoms with van der Waals surface area (Å²) in [6.07, 6.45) is 4.38. The molecule has 0 aromatic heterocycles. The SMILES string of the molecule is CCCC(O)(CCC)c1ccc2c(c1)OCCCO2. The molecule has 3 heteroatoms. The Morgan fingerprint density at radius 3 is 2.32 bits per heavy atom. The minimum absolute atomic E-state index is 0.677. The molecule has 106 valence electrons. The molecule has 1 aliphatic heterocycles. The van der Waals surface area contributed by atoms with Crippen molar-refractivity contribution in [2.45, 2.75) is 51.6 Å². The molecule has 0 fully saturated rings. The van der Waals surface area contributed by atoms with Crippen LogP contribution in [0.3, 0.4) is 0 Å². The van der Waals surface area contributed by atoms with E-state index in [0.717, 1.165) is 49.2 Å². The molecular formula is C16H24O3. The Morgan fingerprint density at radius 2 is 1.68 bits per heavy atom. The summed E-state index contributed by atoms with van der Waals surface area (Å²) >= 11 is 0. The summed E-state index contributed by atoms with van der Waals surface area (Å²) in [5.74, 6) is 1.55. The lowest BCUT2D eigenvalue weighted by molar-refractivity contribution is 0.0167. The first-order valence-electron chi connectivity index (χ1n) is 7.32. The number of aliphatic hydroxyl groups is 1. The van der Waals surface area contributed by atoms with Crippen molar-refractivity contribution in [1.29, 1.82) is 0 Å². The van der Waals surface area contributed by atoms with E-state index >= 15 is 0 Å². The summed E-state index contributed by atoms with van der Waals surface area (Å²) < 4.78 is 11.3. The van der Waals surface area contributed by atoms with Crippen LogP contribution in [0.5, 0.6) is 11.5 Å². The Kier molecular flexibility index (Phi) is 4.70. The molecule has 3 nitrogen and oxygen atoms in total. The summed E-state index contributed by atoms with van der Waals surface area (Å²) in [5.41, 5.74) is 0.203. The fourth-order valence-corrected chi connectivity index (χ4v) is 2.69. The van der Waals surface area contributed by atoms with Gasteiger partial charge in [-0.3, -0.25) is 0 Å². The third kappa shape index (κ3) is 3.21. The molecule has 0 radical (unpaired) electrons. The van der Waals surface area contributed by atoms with Crippen molar-refractivity contribution in [3.8, 4) is 11.5 Å². The van der Waals surface area contributed by atoms with Crippen molar-refractivity contribution in [2.24, 2.45) is 0 Å². The smallest absolute Gasteiger partial charge is 0.161 e. The van der Waals surface area contributed by atoms with E-state index < -0.39 is 5.60 Å². The number of benzene rings is 1. The van der Waals surface area contributed by atoms with Crippen molar-refractivity contribution in [1.82, 2.24) is 0 Å². The minimum Gasteiger partial charge on any atom is -0.490 e. The average Bonchev–Trinajstić information content (AvgIpc) is 2.63. The Morgan fingerprint density at radius 1 is 1.05 bits per heavy atom. The molecule has 0 spiro atoms. The third-order valence-corrected chi connectivity index (χ3v) is 3.61. The minimum atomic E-state index is -0.742. The van der Waals surface area contributed by atoms with Crippen molar-refractivity contribution in [3.05, 3.63) is 23.8 Å². The van der Waals surface area contributed by atoms with Gasteiger partial charge in [-0.15, -0.1) is 0 Å². The molecule has 0 aliphatic carbocycles. The summed E-state index contributed by atoms with van der Waals surface area (Å²) in [4.78, 5) is 0. The molecule has 1 aliphatic rings. The lowest BCUT2D eigenvalue weighted by Crippen LogP contribution is -2.25. The van der Waals surface area contributed by atoms with Crippen LogP contribution in [0.15, 0.2) is 18.2 Å². The van der Waals surface area contributed by atoms with E-state index in [2.05, 4.69) is 13.8 Å². The quantitative estimate of drug-likeness (QED) is 0.882. The van der Waals surface area contributed by atoms with E-state index in [1.807, 2.05) is 18.2 Å². The van der Waals surface area contributed by atoms with Crippen molar-refractivity contribution in [2.75, 3.05) is 13.2 Å². The fourth-order valence-electron chi connectivity index (χ4n) is 2.69. The zero-order valence-corrected chi connectivity index (χ0v) is 11.9. The first kappa shape index (κ1) is 14.2. The maximum Gasteiger partial charge on any atom is 0.161 e. The average molecular weight is 264 g/mol. The van der Waals surface area contributed by atoms with Gasteiger partial charge in [0.05, 0.1) is 18.8 Å². The highest BCUT2D eigenvalue weighted by Gasteiger charge is 2.28. The van der Waals surface area contributed by atoms with Crippen LogP contribution >= 0.6 is 0 Å². The van der Waals surface area contributed by atoms with Gasteiger partial charge < -0.3 is 14.6 Å². The highest BCUT2D eigenvalue weighted by Crippen LogP contribution is 2.38. The van der Waals surface area contributed by atoms with Crippen molar-refractivity contribution < 1.29 is 14.6 Å². The van der Waals surface area contributed by atoms with E-state index in [1.54, 1.807) is 0 Å². The second-order valence-corrected chi connectivity index (χ2v) is 5.24. The van der Waals surface area contributed by atoms with Gasteiger partial charge in [0.15, 0.2) is 11.5 Å². The largest absolute Gasteiger partial charge is 0.490 e. The molecule has 19 heavy (non-hydrogen) atoms. The van der Waals surface area contributed by atoms with Crippen LogP contribution in [-0.2, 0) is 5.60 Å². The van der Waals surface area contributed by atoms with E-state index in [9.17, 15) is 5.11 Å². The summed E-state index contributed by atoms with van der Waals surface area (Å²) in [6.45, 7) is 5.57. The lowest BCUT2D eigenvalue weighted by atomic mass is 9.85. The maximum atomic E-state index is 10.9. The predicted molar refractivity (Wildman–Crippen MR) is 75.8 cm³/mol. The summed E-state index contributed by atoms with van der Waals surface area (Å²) in [5, 5.41) is 10.9. The zero-order chi connectivity index (χ0) is 13.7. The molecule has 0 atom stereocenters. The zero-order valence-electron chi connectivity index (χ0n) is 11.9. The van der Waals surface area contributed by atoms with Gasteiger partial charge in [0.1, 0.15) is 0 Å². The normalized spacial score (nSPS) is 15.1. The predicted octanol–water partition coefficient (Wildman–Crippen LogP) is 3.64. The third-order valence-electron chi connectivity index (χ3n) is 3.61. The van der Waals surface area contributed by atoms with Crippen LogP contribution in [0, 0.1) is 0 Å². The monoisotopic (exact) mass is 264 g/mol. The number of fused-ring (bicyclic) bond motifs is 1. The van der Waals surface area contributed by atoms with Crippen LogP contribution in [0.1, 0.15) is 51.5 Å².